The third-order valence-corrected chi connectivity index (χ3v) is 4.73. The van der Waals surface area contributed by atoms with Crippen LogP contribution in [0.2, 0.25) is 0 Å². The van der Waals surface area contributed by atoms with Crippen molar-refractivity contribution < 1.29 is 14.3 Å². The number of nitrogens with zero attached hydrogens (tertiary/aromatic N) is 1. The maximum Gasteiger partial charge on any atom is 0.338 e. The van der Waals surface area contributed by atoms with Crippen LogP contribution in [0.3, 0.4) is 0 Å². The number of ether oxygens (including phenoxy) is 2. The van der Waals surface area contributed by atoms with Crippen molar-refractivity contribution in [2.24, 2.45) is 0 Å². The lowest BCUT2D eigenvalue weighted by atomic mass is 9.77. The van der Waals surface area contributed by atoms with Crippen LogP contribution in [-0.4, -0.2) is 24.7 Å². The van der Waals surface area contributed by atoms with Gasteiger partial charge in [0.2, 0.25) is 0 Å². The second kappa shape index (κ2) is 7.04. The third kappa shape index (κ3) is 3.14. The van der Waals surface area contributed by atoms with Crippen molar-refractivity contribution in [3.05, 3.63) is 47.2 Å². The molecule has 24 heavy (non-hydrogen) atoms. The van der Waals surface area contributed by atoms with E-state index in [0.717, 1.165) is 17.0 Å². The average molecular weight is 325 g/mol. The molecular formula is C20H23NO3. The summed E-state index contributed by atoms with van der Waals surface area (Å²) in [6.07, 6.45) is 5.39. The molecule has 0 spiro atoms. The molecule has 4 nitrogen and oxygen atoms in total. The predicted octanol–water partition coefficient (Wildman–Crippen LogP) is 4.51. The number of rotatable bonds is 5. The third-order valence-electron chi connectivity index (χ3n) is 4.73. The molecule has 4 heteroatoms. The van der Waals surface area contributed by atoms with E-state index in [1.165, 1.54) is 30.4 Å². The van der Waals surface area contributed by atoms with Gasteiger partial charge >= 0.3 is 5.97 Å². The van der Waals surface area contributed by atoms with Crippen molar-refractivity contribution in [3.8, 4) is 17.0 Å². The van der Waals surface area contributed by atoms with Crippen LogP contribution in [-0.2, 0) is 4.74 Å². The molecule has 1 saturated carbocycles. The lowest BCUT2D eigenvalue weighted by Gasteiger charge is -2.28. The Morgan fingerprint density at radius 2 is 2.08 bits per heavy atom. The van der Waals surface area contributed by atoms with Gasteiger partial charge in [-0.15, -0.1) is 0 Å². The number of esters is 1. The molecule has 0 bridgehead atoms. The zero-order valence-corrected chi connectivity index (χ0v) is 14.5. The van der Waals surface area contributed by atoms with Crippen LogP contribution in [0, 0.1) is 6.92 Å². The molecule has 0 aliphatic heterocycles. The van der Waals surface area contributed by atoms with Gasteiger partial charge in [-0.3, -0.25) is 4.98 Å². The van der Waals surface area contributed by atoms with E-state index in [0.29, 0.717) is 18.1 Å². The highest BCUT2D eigenvalue weighted by atomic mass is 16.5. The van der Waals surface area contributed by atoms with Gasteiger partial charge in [-0.05, 0) is 68.0 Å². The summed E-state index contributed by atoms with van der Waals surface area (Å²) in [6.45, 7) is 4.27. The zero-order valence-electron chi connectivity index (χ0n) is 14.5. The van der Waals surface area contributed by atoms with Crippen LogP contribution < -0.4 is 4.74 Å². The molecule has 1 aromatic carbocycles. The number of benzene rings is 1. The maximum atomic E-state index is 12.0. The van der Waals surface area contributed by atoms with E-state index in [9.17, 15) is 4.79 Å². The number of pyridine rings is 1. The van der Waals surface area contributed by atoms with Gasteiger partial charge in [0.05, 0.1) is 25.0 Å². The minimum absolute atomic E-state index is 0.320. The highest BCUT2D eigenvalue weighted by Gasteiger charge is 2.23. The number of hydrogen-bond acceptors (Lipinski definition) is 4. The van der Waals surface area contributed by atoms with Crippen molar-refractivity contribution in [1.82, 2.24) is 4.98 Å². The Kier molecular flexibility index (Phi) is 4.84. The summed E-state index contributed by atoms with van der Waals surface area (Å²) in [5, 5.41) is 0. The molecule has 2 aromatic rings. The Bertz CT molecular complexity index is 751. The van der Waals surface area contributed by atoms with Gasteiger partial charge in [0.15, 0.2) is 0 Å². The second-order valence-electron chi connectivity index (χ2n) is 6.17. The Hall–Kier alpha value is -2.36. The fourth-order valence-electron chi connectivity index (χ4n) is 3.14. The number of carbonyl (C=O) groups excluding carboxylic acids is 1. The van der Waals surface area contributed by atoms with Crippen LogP contribution in [0.15, 0.2) is 30.5 Å². The van der Waals surface area contributed by atoms with Gasteiger partial charge in [-0.2, -0.15) is 0 Å². The minimum Gasteiger partial charge on any atom is -0.496 e. The summed E-state index contributed by atoms with van der Waals surface area (Å²) in [6, 6.07) is 7.65. The SMILES string of the molecule is CCOC(=O)c1ccnc(-c2cc(OC)c(C)c(C3CCC3)c2)c1. The molecule has 3 rings (SSSR count). The fourth-order valence-corrected chi connectivity index (χ4v) is 3.14. The van der Waals surface area contributed by atoms with E-state index in [2.05, 4.69) is 18.0 Å². The van der Waals surface area contributed by atoms with Gasteiger partial charge in [0, 0.05) is 11.8 Å². The minimum atomic E-state index is -0.320. The average Bonchev–Trinajstić information content (AvgIpc) is 2.55. The topological polar surface area (TPSA) is 48.4 Å². The van der Waals surface area contributed by atoms with Crippen LogP contribution in [0.5, 0.6) is 5.75 Å². The number of carbonyl (C=O) groups is 1. The molecular weight excluding hydrogens is 302 g/mol. The number of methoxy groups -OCH3 is 1. The van der Waals surface area contributed by atoms with Crippen LogP contribution in [0.1, 0.15) is 53.6 Å². The molecule has 0 saturated heterocycles. The molecule has 1 aromatic heterocycles. The number of aromatic nitrogens is 1. The Morgan fingerprint density at radius 1 is 1.29 bits per heavy atom. The summed E-state index contributed by atoms with van der Waals surface area (Å²) in [5.41, 5.74) is 4.79. The highest BCUT2D eigenvalue weighted by Crippen LogP contribution is 2.42. The molecule has 1 fully saturated rings. The predicted molar refractivity (Wildman–Crippen MR) is 93.5 cm³/mol. The molecule has 1 aliphatic carbocycles. The summed E-state index contributed by atoms with van der Waals surface area (Å²) >= 11 is 0. The lowest BCUT2D eigenvalue weighted by Crippen LogP contribution is -2.11. The van der Waals surface area contributed by atoms with Gasteiger partial charge < -0.3 is 9.47 Å². The molecule has 0 atom stereocenters. The zero-order chi connectivity index (χ0) is 17.1. The molecule has 0 radical (unpaired) electrons. The van der Waals surface area contributed by atoms with E-state index in [-0.39, 0.29) is 5.97 Å². The van der Waals surface area contributed by atoms with Crippen molar-refractivity contribution in [2.45, 2.75) is 39.0 Å². The highest BCUT2D eigenvalue weighted by molar-refractivity contribution is 5.90. The summed E-state index contributed by atoms with van der Waals surface area (Å²) in [4.78, 5) is 16.4. The Labute approximate surface area is 142 Å². The summed E-state index contributed by atoms with van der Waals surface area (Å²) < 4.78 is 10.6. The first-order chi connectivity index (χ1) is 11.6. The van der Waals surface area contributed by atoms with Crippen molar-refractivity contribution in [3.63, 3.8) is 0 Å². The van der Waals surface area contributed by atoms with E-state index in [1.807, 2.05) is 6.07 Å². The monoisotopic (exact) mass is 325 g/mol. The van der Waals surface area contributed by atoms with Crippen molar-refractivity contribution in [1.29, 1.82) is 0 Å². The van der Waals surface area contributed by atoms with E-state index >= 15 is 0 Å². The van der Waals surface area contributed by atoms with Gasteiger partial charge in [-0.25, -0.2) is 4.79 Å². The van der Waals surface area contributed by atoms with Gasteiger partial charge in [-0.1, -0.05) is 6.42 Å². The number of hydrogen-bond donors (Lipinski definition) is 0. The normalized spacial score (nSPS) is 14.1. The van der Waals surface area contributed by atoms with E-state index < -0.39 is 0 Å². The smallest absolute Gasteiger partial charge is 0.338 e. The first kappa shape index (κ1) is 16.5. The Morgan fingerprint density at radius 3 is 2.71 bits per heavy atom. The molecule has 126 valence electrons. The van der Waals surface area contributed by atoms with Crippen LogP contribution in [0.25, 0.3) is 11.3 Å². The summed E-state index contributed by atoms with van der Waals surface area (Å²) in [5.74, 6) is 1.16. The summed E-state index contributed by atoms with van der Waals surface area (Å²) in [7, 11) is 1.69. The first-order valence-electron chi connectivity index (χ1n) is 8.46. The maximum absolute atomic E-state index is 12.0. The van der Waals surface area contributed by atoms with Crippen LogP contribution in [0.4, 0.5) is 0 Å². The van der Waals surface area contributed by atoms with Crippen molar-refractivity contribution >= 4 is 5.97 Å². The molecule has 1 heterocycles. The second-order valence-corrected chi connectivity index (χ2v) is 6.17. The fraction of sp³-hybridized carbons (Fsp3) is 0.400. The van der Waals surface area contributed by atoms with E-state index in [4.69, 9.17) is 9.47 Å². The van der Waals surface area contributed by atoms with Gasteiger partial charge in [0.25, 0.3) is 0 Å². The molecule has 1 aliphatic rings. The lowest BCUT2D eigenvalue weighted by molar-refractivity contribution is 0.0526. The first-order valence-corrected chi connectivity index (χ1v) is 8.46. The molecule has 0 unspecified atom stereocenters. The van der Waals surface area contributed by atoms with E-state index in [1.54, 1.807) is 32.4 Å². The standard InChI is InChI=1S/C20H23NO3/c1-4-24-20(22)15-8-9-21-18(11-15)16-10-17(14-6-5-7-14)13(2)19(12-16)23-3/h8-12,14H,4-7H2,1-3H3. The molecule has 0 amide bonds. The van der Waals surface area contributed by atoms with Crippen molar-refractivity contribution in [2.75, 3.05) is 13.7 Å². The van der Waals surface area contributed by atoms with Crippen LogP contribution >= 0.6 is 0 Å². The largest absolute Gasteiger partial charge is 0.496 e. The Balaban J connectivity index is 2.02. The molecule has 0 N–H and O–H groups in total. The quantitative estimate of drug-likeness (QED) is 0.759. The van der Waals surface area contributed by atoms with Gasteiger partial charge in [0.1, 0.15) is 5.75 Å².